The highest BCUT2D eigenvalue weighted by molar-refractivity contribution is 9.10. The number of carbonyl (C=O) groups is 2. The van der Waals surface area contributed by atoms with Crippen molar-refractivity contribution in [3.8, 4) is 0 Å². The highest BCUT2D eigenvalue weighted by Crippen LogP contribution is 2.36. The van der Waals surface area contributed by atoms with E-state index in [1.807, 2.05) is 85.8 Å². The van der Waals surface area contributed by atoms with E-state index < -0.39 is 6.04 Å². The van der Waals surface area contributed by atoms with Crippen LogP contribution in [0.4, 0.5) is 5.69 Å². The molecule has 31 heavy (non-hydrogen) atoms. The maximum atomic E-state index is 13.6. The number of hydrogen-bond donors (Lipinski definition) is 1. The van der Waals surface area contributed by atoms with E-state index in [1.54, 1.807) is 0 Å². The van der Waals surface area contributed by atoms with Gasteiger partial charge in [0.05, 0.1) is 5.57 Å². The van der Waals surface area contributed by atoms with Crippen molar-refractivity contribution in [2.75, 3.05) is 4.90 Å². The van der Waals surface area contributed by atoms with Crippen LogP contribution in [0.3, 0.4) is 0 Å². The summed E-state index contributed by atoms with van der Waals surface area (Å²) in [4.78, 5) is 28.1. The number of halogens is 1. The molecule has 0 aromatic heterocycles. The molecule has 1 amide bonds. The largest absolute Gasteiger partial charge is 0.340 e. The molecule has 4 rings (SSSR count). The molecule has 4 nitrogen and oxygen atoms in total. The third-order valence-electron chi connectivity index (χ3n) is 5.54. The van der Waals surface area contributed by atoms with Gasteiger partial charge in [-0.15, -0.1) is 0 Å². The summed E-state index contributed by atoms with van der Waals surface area (Å²) in [7, 11) is 0. The van der Waals surface area contributed by atoms with Gasteiger partial charge in [-0.05, 0) is 54.8 Å². The fourth-order valence-electron chi connectivity index (χ4n) is 4.00. The minimum Gasteiger partial charge on any atom is -0.340 e. The minimum absolute atomic E-state index is 0.107. The molecule has 0 unspecified atom stereocenters. The fourth-order valence-corrected chi connectivity index (χ4v) is 4.41. The van der Waals surface area contributed by atoms with Crippen LogP contribution < -0.4 is 10.2 Å². The zero-order valence-corrected chi connectivity index (χ0v) is 19.0. The Morgan fingerprint density at radius 3 is 2.26 bits per heavy atom. The molecule has 0 fully saturated rings. The van der Waals surface area contributed by atoms with Crippen molar-refractivity contribution in [3.63, 3.8) is 0 Å². The smallest absolute Gasteiger partial charge is 0.254 e. The Bertz CT molecular complexity index is 1160. The number of para-hydroxylation sites is 1. The van der Waals surface area contributed by atoms with Crippen LogP contribution in [0, 0.1) is 0 Å². The first-order chi connectivity index (χ1) is 15.0. The van der Waals surface area contributed by atoms with Gasteiger partial charge in [-0.25, -0.2) is 0 Å². The first-order valence-electron chi connectivity index (χ1n) is 10.1. The molecule has 1 atom stereocenters. The molecular weight excluding hydrogens is 452 g/mol. The van der Waals surface area contributed by atoms with Gasteiger partial charge >= 0.3 is 0 Å². The zero-order valence-electron chi connectivity index (χ0n) is 17.4. The monoisotopic (exact) mass is 474 g/mol. The summed E-state index contributed by atoms with van der Waals surface area (Å²) >= 11 is 3.55. The molecule has 1 heterocycles. The summed E-state index contributed by atoms with van der Waals surface area (Å²) < 4.78 is 0.962. The van der Waals surface area contributed by atoms with Crippen LogP contribution >= 0.6 is 15.9 Å². The predicted octanol–water partition coefficient (Wildman–Crippen LogP) is 5.65. The molecule has 0 saturated carbocycles. The second-order valence-corrected chi connectivity index (χ2v) is 8.53. The third-order valence-corrected chi connectivity index (χ3v) is 6.03. The average Bonchev–Trinajstić information content (AvgIpc) is 2.78. The van der Waals surface area contributed by atoms with Gasteiger partial charge in [0.25, 0.3) is 5.91 Å². The molecule has 5 heteroatoms. The number of fused-ring (bicyclic) bond motifs is 1. The lowest BCUT2D eigenvalue weighted by atomic mass is 9.92. The predicted molar refractivity (Wildman–Crippen MR) is 127 cm³/mol. The molecule has 3 aromatic rings. The van der Waals surface area contributed by atoms with Gasteiger partial charge < -0.3 is 10.2 Å². The molecule has 0 radical (unpaired) electrons. The SMILES string of the molecule is CC(=O)[C@@H](NC(=O)C1=C(C)N(c2ccccc2)Cc2cc(Br)ccc21)c1ccccc1. The number of nitrogens with zero attached hydrogens (tertiary/aromatic N) is 1. The van der Waals surface area contributed by atoms with E-state index in [-0.39, 0.29) is 11.7 Å². The molecule has 3 aromatic carbocycles. The maximum Gasteiger partial charge on any atom is 0.254 e. The van der Waals surface area contributed by atoms with E-state index in [1.165, 1.54) is 6.92 Å². The Morgan fingerprint density at radius 2 is 1.61 bits per heavy atom. The van der Waals surface area contributed by atoms with E-state index in [0.717, 1.165) is 32.5 Å². The second kappa shape index (κ2) is 8.90. The van der Waals surface area contributed by atoms with E-state index in [0.29, 0.717) is 12.1 Å². The minimum atomic E-state index is -0.694. The summed E-state index contributed by atoms with van der Waals surface area (Å²) in [6.07, 6.45) is 0. The summed E-state index contributed by atoms with van der Waals surface area (Å²) in [6.45, 7) is 4.12. The van der Waals surface area contributed by atoms with Crippen LogP contribution in [0.15, 0.2) is 89.0 Å². The summed E-state index contributed by atoms with van der Waals surface area (Å²) in [5.41, 5.74) is 5.16. The third kappa shape index (κ3) is 4.32. The van der Waals surface area contributed by atoms with Gasteiger partial charge in [0.1, 0.15) is 6.04 Å². The number of rotatable bonds is 5. The Balaban J connectivity index is 1.77. The Kier molecular flexibility index (Phi) is 6.05. The van der Waals surface area contributed by atoms with Crippen LogP contribution in [-0.2, 0) is 16.1 Å². The van der Waals surface area contributed by atoms with E-state index >= 15 is 0 Å². The Hall–Kier alpha value is -3.18. The van der Waals surface area contributed by atoms with Crippen molar-refractivity contribution >= 4 is 38.9 Å². The van der Waals surface area contributed by atoms with Gasteiger partial charge in [-0.1, -0.05) is 70.5 Å². The highest BCUT2D eigenvalue weighted by Gasteiger charge is 2.30. The lowest BCUT2D eigenvalue weighted by Gasteiger charge is -2.34. The summed E-state index contributed by atoms with van der Waals surface area (Å²) in [6, 6.07) is 24.6. The quantitative estimate of drug-likeness (QED) is 0.519. The first kappa shape index (κ1) is 21.1. The molecule has 156 valence electrons. The van der Waals surface area contributed by atoms with Crippen molar-refractivity contribution in [1.82, 2.24) is 5.32 Å². The van der Waals surface area contributed by atoms with Crippen LogP contribution in [0.1, 0.15) is 36.6 Å². The van der Waals surface area contributed by atoms with Crippen LogP contribution in [0.5, 0.6) is 0 Å². The van der Waals surface area contributed by atoms with Gasteiger partial charge in [-0.3, -0.25) is 9.59 Å². The van der Waals surface area contributed by atoms with Crippen molar-refractivity contribution in [1.29, 1.82) is 0 Å². The lowest BCUT2D eigenvalue weighted by molar-refractivity contribution is -0.124. The maximum absolute atomic E-state index is 13.6. The van der Waals surface area contributed by atoms with Gasteiger partial charge in [0.2, 0.25) is 0 Å². The van der Waals surface area contributed by atoms with E-state index in [9.17, 15) is 9.59 Å². The van der Waals surface area contributed by atoms with Crippen molar-refractivity contribution in [3.05, 3.63) is 106 Å². The number of anilines is 1. The molecule has 1 aliphatic heterocycles. The molecular formula is C26H23BrN2O2. The number of Topliss-reactive ketones (excluding diaryl/α,β-unsaturated/α-hetero) is 1. The summed E-state index contributed by atoms with van der Waals surface area (Å²) in [5, 5.41) is 2.98. The zero-order chi connectivity index (χ0) is 22.0. The Morgan fingerprint density at radius 1 is 0.968 bits per heavy atom. The van der Waals surface area contributed by atoms with Gasteiger partial charge in [-0.2, -0.15) is 0 Å². The lowest BCUT2D eigenvalue weighted by Crippen LogP contribution is -2.37. The van der Waals surface area contributed by atoms with Crippen LogP contribution in [-0.4, -0.2) is 11.7 Å². The summed E-state index contributed by atoms with van der Waals surface area (Å²) in [5.74, 6) is -0.365. The molecule has 0 saturated heterocycles. The van der Waals surface area contributed by atoms with Gasteiger partial charge in [0.15, 0.2) is 5.78 Å². The second-order valence-electron chi connectivity index (χ2n) is 7.61. The normalized spacial score (nSPS) is 14.1. The average molecular weight is 475 g/mol. The molecule has 0 bridgehead atoms. The molecule has 1 aliphatic rings. The number of allylic oxidation sites excluding steroid dienone is 1. The molecule has 1 N–H and O–H groups in total. The number of ketones is 1. The van der Waals surface area contributed by atoms with Crippen LogP contribution in [0.25, 0.3) is 5.57 Å². The van der Waals surface area contributed by atoms with Crippen molar-refractivity contribution in [2.24, 2.45) is 0 Å². The Labute approximate surface area is 190 Å². The molecule has 0 aliphatic carbocycles. The number of hydrogen-bond acceptors (Lipinski definition) is 3. The molecule has 0 spiro atoms. The standard InChI is InChI=1S/C26H23BrN2O2/c1-17-24(26(31)28-25(18(2)30)19-9-5-3-6-10-19)23-14-13-21(27)15-20(23)16-29(17)22-11-7-4-8-12-22/h3-15,25H,16H2,1-2H3,(H,28,31)/t25-/m1/s1. The number of benzene rings is 3. The number of carbonyl (C=O) groups excluding carboxylic acids is 2. The highest BCUT2D eigenvalue weighted by atomic mass is 79.9. The number of nitrogens with one attached hydrogen (secondary N) is 1. The first-order valence-corrected chi connectivity index (χ1v) is 10.9. The topological polar surface area (TPSA) is 49.4 Å². The van der Waals surface area contributed by atoms with Crippen molar-refractivity contribution < 1.29 is 9.59 Å². The van der Waals surface area contributed by atoms with Crippen molar-refractivity contribution in [2.45, 2.75) is 26.4 Å². The van der Waals surface area contributed by atoms with Gasteiger partial charge in [0, 0.05) is 22.4 Å². The van der Waals surface area contributed by atoms with E-state index in [2.05, 4.69) is 26.1 Å². The van der Waals surface area contributed by atoms with E-state index in [4.69, 9.17) is 0 Å². The number of amides is 1. The fraction of sp³-hybridized carbons (Fsp3) is 0.154. The van der Waals surface area contributed by atoms with Crippen LogP contribution in [0.2, 0.25) is 0 Å².